The molecular weight excluding hydrogens is 344 g/mol. The van der Waals surface area contributed by atoms with Crippen LogP contribution >= 0.6 is 12.4 Å². The molecule has 0 saturated heterocycles. The highest BCUT2D eigenvalue weighted by Crippen LogP contribution is 2.28. The minimum atomic E-state index is 0. The molecule has 0 fully saturated rings. The van der Waals surface area contributed by atoms with Crippen LogP contribution in [0.25, 0.3) is 10.9 Å². The predicted octanol–water partition coefficient (Wildman–Crippen LogP) is 4.60. The Morgan fingerprint density at radius 2 is 1.81 bits per heavy atom. The van der Waals surface area contributed by atoms with E-state index >= 15 is 0 Å². The third kappa shape index (κ3) is 4.05. The Bertz CT molecular complexity index is 854. The summed E-state index contributed by atoms with van der Waals surface area (Å²) in [6.07, 6.45) is 4.30. The van der Waals surface area contributed by atoms with Gasteiger partial charge in [-0.25, -0.2) is 0 Å². The second kappa shape index (κ2) is 8.61. The number of fused-ring (bicyclic) bond motifs is 3. The molecule has 4 rings (SSSR count). The fraction of sp³-hybridized carbons (Fsp3) is 0.364. The van der Waals surface area contributed by atoms with Gasteiger partial charge in [-0.1, -0.05) is 29.8 Å². The number of benzene rings is 2. The van der Waals surface area contributed by atoms with Crippen molar-refractivity contribution in [3.63, 3.8) is 0 Å². The molecule has 1 aliphatic rings. The maximum atomic E-state index is 5.89. The zero-order valence-corrected chi connectivity index (χ0v) is 16.1. The quantitative estimate of drug-likeness (QED) is 0.644. The van der Waals surface area contributed by atoms with Gasteiger partial charge >= 0.3 is 0 Å². The van der Waals surface area contributed by atoms with Crippen LogP contribution in [-0.4, -0.2) is 24.7 Å². The number of aryl methyl sites for hydroxylation is 2. The van der Waals surface area contributed by atoms with Gasteiger partial charge < -0.3 is 15.0 Å². The fourth-order valence-corrected chi connectivity index (χ4v) is 3.79. The monoisotopic (exact) mass is 370 g/mol. The number of nitrogens with one attached hydrogen (secondary N) is 2. The number of ether oxygens (including phenoxy) is 1. The average Bonchev–Trinajstić information content (AvgIpc) is 2.83. The summed E-state index contributed by atoms with van der Waals surface area (Å²) in [5.41, 5.74) is 6.95. The topological polar surface area (TPSA) is 37.0 Å². The van der Waals surface area contributed by atoms with Crippen molar-refractivity contribution in [1.82, 2.24) is 10.3 Å². The number of hydrogen-bond acceptors (Lipinski definition) is 2. The molecule has 2 heterocycles. The standard InChI is InChI=1S/C22H26N2O.ClH/c1-16-7-9-18(10-8-16)25-15-3-5-17-4-2-6-21-22(17)19-11-13-23-14-12-20(19)24-21;/h2,4,6-10,23-24H,3,5,11-15H2,1H3;1H. The highest BCUT2D eigenvalue weighted by molar-refractivity contribution is 5.88. The summed E-state index contributed by atoms with van der Waals surface area (Å²) in [6.45, 7) is 5.00. The van der Waals surface area contributed by atoms with E-state index in [0.29, 0.717) is 0 Å². The number of hydrogen-bond donors (Lipinski definition) is 2. The Morgan fingerprint density at radius 1 is 1.00 bits per heavy atom. The van der Waals surface area contributed by atoms with Gasteiger partial charge in [-0.15, -0.1) is 12.4 Å². The van der Waals surface area contributed by atoms with Crippen LogP contribution in [0, 0.1) is 6.92 Å². The van der Waals surface area contributed by atoms with Gasteiger partial charge in [-0.05, 0) is 62.1 Å². The summed E-state index contributed by atoms with van der Waals surface area (Å²) in [4.78, 5) is 3.65. The molecule has 2 N–H and O–H groups in total. The van der Waals surface area contributed by atoms with Crippen molar-refractivity contribution >= 4 is 23.3 Å². The lowest BCUT2D eigenvalue weighted by Crippen LogP contribution is -2.16. The van der Waals surface area contributed by atoms with Crippen LogP contribution in [0.5, 0.6) is 5.75 Å². The Labute approximate surface area is 161 Å². The molecule has 2 aromatic carbocycles. The molecule has 0 saturated carbocycles. The molecular formula is C22H27ClN2O. The van der Waals surface area contributed by atoms with Crippen LogP contribution < -0.4 is 10.1 Å². The van der Waals surface area contributed by atoms with Crippen molar-refractivity contribution in [2.24, 2.45) is 0 Å². The zero-order chi connectivity index (χ0) is 17.1. The van der Waals surface area contributed by atoms with Crippen molar-refractivity contribution in [2.75, 3.05) is 19.7 Å². The molecule has 0 unspecified atom stereocenters. The minimum Gasteiger partial charge on any atom is -0.494 e. The molecule has 1 aliphatic heterocycles. The van der Waals surface area contributed by atoms with Crippen molar-refractivity contribution < 1.29 is 4.74 Å². The van der Waals surface area contributed by atoms with Crippen LogP contribution in [-0.2, 0) is 19.3 Å². The van der Waals surface area contributed by atoms with Crippen LogP contribution in [0.15, 0.2) is 42.5 Å². The van der Waals surface area contributed by atoms with Crippen molar-refractivity contribution in [3.05, 3.63) is 64.8 Å². The van der Waals surface area contributed by atoms with E-state index in [0.717, 1.165) is 51.1 Å². The van der Waals surface area contributed by atoms with E-state index in [4.69, 9.17) is 4.74 Å². The predicted molar refractivity (Wildman–Crippen MR) is 111 cm³/mol. The minimum absolute atomic E-state index is 0. The maximum absolute atomic E-state index is 5.89. The zero-order valence-electron chi connectivity index (χ0n) is 15.3. The van der Waals surface area contributed by atoms with Crippen LogP contribution in [0.2, 0.25) is 0 Å². The first-order chi connectivity index (χ1) is 12.3. The third-order valence-electron chi connectivity index (χ3n) is 5.09. The normalized spacial score (nSPS) is 13.7. The molecule has 0 aliphatic carbocycles. The van der Waals surface area contributed by atoms with Crippen molar-refractivity contribution in [2.45, 2.75) is 32.6 Å². The lowest BCUT2D eigenvalue weighted by atomic mass is 9.99. The number of rotatable bonds is 5. The SMILES string of the molecule is Cc1ccc(OCCCc2cccc3[nH]c4c(c23)CCNCC4)cc1.Cl. The molecule has 138 valence electrons. The Hall–Kier alpha value is -1.97. The first-order valence-corrected chi connectivity index (χ1v) is 9.33. The molecule has 3 aromatic rings. The lowest BCUT2D eigenvalue weighted by molar-refractivity contribution is 0.311. The largest absolute Gasteiger partial charge is 0.494 e. The number of H-pyrrole nitrogens is 1. The second-order valence-electron chi connectivity index (χ2n) is 6.94. The van der Waals surface area contributed by atoms with E-state index < -0.39 is 0 Å². The molecule has 4 heteroatoms. The van der Waals surface area contributed by atoms with Gasteiger partial charge in [0, 0.05) is 29.6 Å². The van der Waals surface area contributed by atoms with Crippen LogP contribution in [0.1, 0.15) is 28.8 Å². The van der Waals surface area contributed by atoms with Gasteiger partial charge in [0.05, 0.1) is 6.61 Å². The van der Waals surface area contributed by atoms with Gasteiger partial charge in [0.2, 0.25) is 0 Å². The molecule has 1 aromatic heterocycles. The Balaban J connectivity index is 0.00000196. The number of aromatic nitrogens is 1. The molecule has 3 nitrogen and oxygen atoms in total. The molecule has 0 spiro atoms. The van der Waals surface area contributed by atoms with E-state index in [9.17, 15) is 0 Å². The smallest absolute Gasteiger partial charge is 0.119 e. The van der Waals surface area contributed by atoms with Gasteiger partial charge in [-0.2, -0.15) is 0 Å². The van der Waals surface area contributed by atoms with Gasteiger partial charge in [0.1, 0.15) is 5.75 Å². The summed E-state index contributed by atoms with van der Waals surface area (Å²) < 4.78 is 5.89. The Kier molecular flexibility index (Phi) is 6.23. The summed E-state index contributed by atoms with van der Waals surface area (Å²) in [6, 6.07) is 15.0. The number of aromatic amines is 1. The Morgan fingerprint density at radius 3 is 2.65 bits per heavy atom. The maximum Gasteiger partial charge on any atom is 0.119 e. The second-order valence-corrected chi connectivity index (χ2v) is 6.94. The molecule has 26 heavy (non-hydrogen) atoms. The highest BCUT2D eigenvalue weighted by Gasteiger charge is 2.16. The summed E-state index contributed by atoms with van der Waals surface area (Å²) in [5, 5.41) is 4.95. The average molecular weight is 371 g/mol. The summed E-state index contributed by atoms with van der Waals surface area (Å²) >= 11 is 0. The van der Waals surface area contributed by atoms with Crippen molar-refractivity contribution in [1.29, 1.82) is 0 Å². The first kappa shape index (κ1) is 18.8. The third-order valence-corrected chi connectivity index (χ3v) is 5.09. The van der Waals surface area contributed by atoms with Crippen LogP contribution in [0.4, 0.5) is 0 Å². The molecule has 0 radical (unpaired) electrons. The van der Waals surface area contributed by atoms with E-state index in [1.165, 1.54) is 33.3 Å². The summed E-state index contributed by atoms with van der Waals surface area (Å²) in [7, 11) is 0. The van der Waals surface area contributed by atoms with E-state index in [2.05, 4.69) is 59.7 Å². The highest BCUT2D eigenvalue weighted by atomic mass is 35.5. The molecule has 0 bridgehead atoms. The van der Waals surface area contributed by atoms with E-state index in [1.54, 1.807) is 0 Å². The van der Waals surface area contributed by atoms with Gasteiger partial charge in [0.15, 0.2) is 0 Å². The van der Waals surface area contributed by atoms with Gasteiger partial charge in [0.25, 0.3) is 0 Å². The summed E-state index contributed by atoms with van der Waals surface area (Å²) in [5.74, 6) is 0.963. The molecule has 0 atom stereocenters. The van der Waals surface area contributed by atoms with E-state index in [1.807, 2.05) is 0 Å². The molecule has 0 amide bonds. The number of halogens is 1. The van der Waals surface area contributed by atoms with Gasteiger partial charge in [-0.3, -0.25) is 0 Å². The van der Waals surface area contributed by atoms with Crippen molar-refractivity contribution in [3.8, 4) is 5.75 Å². The lowest BCUT2D eigenvalue weighted by Gasteiger charge is -2.09. The fourth-order valence-electron chi connectivity index (χ4n) is 3.79. The van der Waals surface area contributed by atoms with Crippen LogP contribution in [0.3, 0.4) is 0 Å². The van der Waals surface area contributed by atoms with E-state index in [-0.39, 0.29) is 12.4 Å². The first-order valence-electron chi connectivity index (χ1n) is 9.33.